The summed E-state index contributed by atoms with van der Waals surface area (Å²) in [6.45, 7) is 4.36. The number of carboxylic acid groups (broad SMARTS) is 1. The Morgan fingerprint density at radius 3 is 2.94 bits per heavy atom. The van der Waals surface area contributed by atoms with Crippen LogP contribution in [0.5, 0.6) is 0 Å². The maximum atomic E-state index is 12.8. The normalized spacial score (nSPS) is 18.5. The van der Waals surface area contributed by atoms with E-state index in [4.69, 9.17) is 4.98 Å². The highest BCUT2D eigenvalue weighted by Gasteiger charge is 2.31. The fraction of sp³-hybridized carbons (Fsp3) is 0.480. The molecule has 2 aliphatic heterocycles. The topological polar surface area (TPSA) is 94.6 Å². The third kappa shape index (κ3) is 5.03. The summed E-state index contributed by atoms with van der Waals surface area (Å²) in [6, 6.07) is 12.0. The number of hydrogen-bond donors (Lipinski definition) is 3. The van der Waals surface area contributed by atoms with E-state index in [9.17, 15) is 14.7 Å². The molecule has 0 saturated heterocycles. The summed E-state index contributed by atoms with van der Waals surface area (Å²) in [5.41, 5.74) is 4.40. The Labute approximate surface area is 189 Å². The highest BCUT2D eigenvalue weighted by molar-refractivity contribution is 5.75. The fourth-order valence-corrected chi connectivity index (χ4v) is 4.72. The molecule has 1 aromatic heterocycles. The molecule has 0 fully saturated rings. The van der Waals surface area contributed by atoms with Crippen LogP contribution in [0.2, 0.25) is 0 Å². The van der Waals surface area contributed by atoms with E-state index in [0.29, 0.717) is 26.1 Å². The Kier molecular flexibility index (Phi) is 6.93. The number of rotatable bonds is 6. The summed E-state index contributed by atoms with van der Waals surface area (Å²) in [5, 5.41) is 15.9. The van der Waals surface area contributed by atoms with Crippen molar-refractivity contribution in [2.24, 2.45) is 5.92 Å². The Morgan fingerprint density at radius 2 is 2.09 bits per heavy atom. The molecule has 0 saturated carbocycles. The SMILES string of the molecule is CC(C(=O)O)[C@@H]1CCN(C(=O)NCCCc2ccc3c(n2)NCCC3)Cc2ccccc21. The first-order valence-electron chi connectivity index (χ1n) is 11.6. The van der Waals surface area contributed by atoms with Crippen LogP contribution in [0.1, 0.15) is 54.5 Å². The van der Waals surface area contributed by atoms with Gasteiger partial charge < -0.3 is 20.6 Å². The number of pyridine rings is 1. The van der Waals surface area contributed by atoms with E-state index in [0.717, 1.165) is 54.9 Å². The predicted molar refractivity (Wildman–Crippen MR) is 124 cm³/mol. The van der Waals surface area contributed by atoms with Gasteiger partial charge in [0.25, 0.3) is 0 Å². The van der Waals surface area contributed by atoms with Gasteiger partial charge in [-0.25, -0.2) is 9.78 Å². The molecule has 2 amide bonds. The third-order valence-corrected chi connectivity index (χ3v) is 6.64. The van der Waals surface area contributed by atoms with Gasteiger partial charge in [-0.3, -0.25) is 4.79 Å². The molecule has 3 heterocycles. The standard InChI is InChI=1S/C25H32N4O3/c1-17(24(30)31)21-12-15-29(16-19-6-2-3-9-22(19)21)25(32)27-14-5-8-20-11-10-18-7-4-13-26-23(18)28-20/h2-3,6,9-11,17,21H,4-5,7-8,12-16H2,1H3,(H,26,28)(H,27,32)(H,30,31)/t17?,21-/m0/s1. The fourth-order valence-electron chi connectivity index (χ4n) is 4.72. The molecule has 7 nitrogen and oxygen atoms in total. The maximum Gasteiger partial charge on any atom is 0.317 e. The summed E-state index contributed by atoms with van der Waals surface area (Å²) < 4.78 is 0. The Bertz CT molecular complexity index is 977. The number of fused-ring (bicyclic) bond motifs is 2. The van der Waals surface area contributed by atoms with E-state index in [1.165, 1.54) is 5.56 Å². The van der Waals surface area contributed by atoms with E-state index < -0.39 is 11.9 Å². The summed E-state index contributed by atoms with van der Waals surface area (Å²) in [4.78, 5) is 31.0. The van der Waals surface area contributed by atoms with Crippen LogP contribution in [0.25, 0.3) is 0 Å². The summed E-state index contributed by atoms with van der Waals surface area (Å²) in [6.07, 6.45) is 4.51. The number of urea groups is 1. The Balaban J connectivity index is 1.31. The van der Waals surface area contributed by atoms with Crippen molar-refractivity contribution < 1.29 is 14.7 Å². The zero-order chi connectivity index (χ0) is 22.5. The summed E-state index contributed by atoms with van der Waals surface area (Å²) in [7, 11) is 0. The number of aliphatic carboxylic acids is 1. The van der Waals surface area contributed by atoms with Crippen molar-refractivity contribution in [3.8, 4) is 0 Å². The average Bonchev–Trinajstić information content (AvgIpc) is 3.01. The van der Waals surface area contributed by atoms with Crippen LogP contribution < -0.4 is 10.6 Å². The molecule has 32 heavy (non-hydrogen) atoms. The predicted octanol–water partition coefficient (Wildman–Crippen LogP) is 3.79. The van der Waals surface area contributed by atoms with Crippen LogP contribution in [0.15, 0.2) is 36.4 Å². The van der Waals surface area contributed by atoms with Crippen LogP contribution in [-0.4, -0.2) is 46.6 Å². The summed E-state index contributed by atoms with van der Waals surface area (Å²) in [5.74, 6) is -0.372. The molecule has 1 aromatic carbocycles. The number of carbonyl (C=O) groups excluding carboxylic acids is 1. The molecule has 4 rings (SSSR count). The number of hydrogen-bond acceptors (Lipinski definition) is 4. The van der Waals surface area contributed by atoms with Gasteiger partial charge in [-0.1, -0.05) is 37.3 Å². The smallest absolute Gasteiger partial charge is 0.317 e. The van der Waals surface area contributed by atoms with Gasteiger partial charge >= 0.3 is 12.0 Å². The van der Waals surface area contributed by atoms with E-state index in [2.05, 4.69) is 22.8 Å². The van der Waals surface area contributed by atoms with Gasteiger partial charge in [-0.05, 0) is 60.8 Å². The number of aromatic nitrogens is 1. The molecule has 1 unspecified atom stereocenters. The quantitative estimate of drug-likeness (QED) is 0.599. The van der Waals surface area contributed by atoms with Crippen LogP contribution in [0.4, 0.5) is 10.6 Å². The number of anilines is 1. The molecular formula is C25H32N4O3. The number of aryl methyl sites for hydroxylation is 2. The Hall–Kier alpha value is -3.09. The zero-order valence-electron chi connectivity index (χ0n) is 18.6. The van der Waals surface area contributed by atoms with Crippen molar-refractivity contribution in [1.29, 1.82) is 0 Å². The van der Waals surface area contributed by atoms with Crippen LogP contribution in [0.3, 0.4) is 0 Å². The van der Waals surface area contributed by atoms with Gasteiger partial charge in [-0.15, -0.1) is 0 Å². The molecule has 0 radical (unpaired) electrons. The molecule has 2 atom stereocenters. The first kappa shape index (κ1) is 22.1. The number of nitrogens with zero attached hydrogens (tertiary/aromatic N) is 2. The maximum absolute atomic E-state index is 12.8. The second-order valence-electron chi connectivity index (χ2n) is 8.82. The molecule has 170 valence electrons. The van der Waals surface area contributed by atoms with Crippen LogP contribution in [-0.2, 0) is 24.2 Å². The largest absolute Gasteiger partial charge is 0.481 e. The highest BCUT2D eigenvalue weighted by Crippen LogP contribution is 2.34. The zero-order valence-corrected chi connectivity index (χ0v) is 18.6. The molecule has 0 aliphatic carbocycles. The van der Waals surface area contributed by atoms with Crippen LogP contribution >= 0.6 is 0 Å². The van der Waals surface area contributed by atoms with Gasteiger partial charge in [0.2, 0.25) is 0 Å². The lowest BCUT2D eigenvalue weighted by Gasteiger charge is -2.22. The molecule has 3 N–H and O–H groups in total. The number of carbonyl (C=O) groups is 2. The molecule has 2 aromatic rings. The van der Waals surface area contributed by atoms with Gasteiger partial charge in [-0.2, -0.15) is 0 Å². The second kappa shape index (κ2) is 10.0. The van der Waals surface area contributed by atoms with E-state index in [1.807, 2.05) is 24.3 Å². The van der Waals surface area contributed by atoms with Gasteiger partial charge in [0.1, 0.15) is 5.82 Å². The van der Waals surface area contributed by atoms with E-state index >= 15 is 0 Å². The minimum Gasteiger partial charge on any atom is -0.481 e. The lowest BCUT2D eigenvalue weighted by Crippen LogP contribution is -2.40. The lowest BCUT2D eigenvalue weighted by atomic mass is 9.83. The van der Waals surface area contributed by atoms with Crippen molar-refractivity contribution in [1.82, 2.24) is 15.2 Å². The second-order valence-corrected chi connectivity index (χ2v) is 8.82. The third-order valence-electron chi connectivity index (χ3n) is 6.64. The number of amides is 2. The van der Waals surface area contributed by atoms with Crippen LogP contribution in [0, 0.1) is 5.92 Å². The highest BCUT2D eigenvalue weighted by atomic mass is 16.4. The molecule has 7 heteroatoms. The number of nitrogens with one attached hydrogen (secondary N) is 2. The van der Waals surface area contributed by atoms with Crippen molar-refractivity contribution in [2.75, 3.05) is 25.0 Å². The number of benzene rings is 1. The molecular weight excluding hydrogens is 404 g/mol. The lowest BCUT2D eigenvalue weighted by molar-refractivity contribution is -0.141. The van der Waals surface area contributed by atoms with Gasteiger partial charge in [0, 0.05) is 31.9 Å². The van der Waals surface area contributed by atoms with Gasteiger partial charge in [0.15, 0.2) is 0 Å². The Morgan fingerprint density at radius 1 is 1.25 bits per heavy atom. The van der Waals surface area contributed by atoms with E-state index in [-0.39, 0.29) is 11.9 Å². The van der Waals surface area contributed by atoms with Crippen molar-refractivity contribution >= 4 is 17.8 Å². The minimum atomic E-state index is -0.798. The molecule has 0 spiro atoms. The number of carboxylic acids is 1. The molecule has 2 aliphatic rings. The van der Waals surface area contributed by atoms with Gasteiger partial charge in [0.05, 0.1) is 5.92 Å². The van der Waals surface area contributed by atoms with Crippen molar-refractivity contribution in [3.63, 3.8) is 0 Å². The monoisotopic (exact) mass is 436 g/mol. The van der Waals surface area contributed by atoms with Crippen molar-refractivity contribution in [2.45, 2.75) is 51.5 Å². The first-order valence-corrected chi connectivity index (χ1v) is 11.6. The van der Waals surface area contributed by atoms with E-state index in [1.54, 1.807) is 11.8 Å². The molecule has 0 bridgehead atoms. The average molecular weight is 437 g/mol. The first-order chi connectivity index (χ1) is 15.5. The van der Waals surface area contributed by atoms with Crippen molar-refractivity contribution in [3.05, 3.63) is 58.8 Å². The summed E-state index contributed by atoms with van der Waals surface area (Å²) >= 11 is 0. The minimum absolute atomic E-state index is 0.0924.